The summed E-state index contributed by atoms with van der Waals surface area (Å²) in [6.07, 6.45) is 0. The van der Waals surface area contributed by atoms with Gasteiger partial charge in [-0.3, -0.25) is 14.2 Å². The Morgan fingerprint density at radius 1 is 1.06 bits per heavy atom. The minimum atomic E-state index is -0.441. The van der Waals surface area contributed by atoms with Crippen molar-refractivity contribution >= 4 is 57.0 Å². The van der Waals surface area contributed by atoms with Crippen molar-refractivity contribution in [3.05, 3.63) is 94.0 Å². The molecule has 2 aromatic heterocycles. The number of fused-ring (bicyclic) bond motifs is 3. The highest BCUT2D eigenvalue weighted by atomic mass is 35.5. The zero-order chi connectivity index (χ0) is 22.9. The van der Waals surface area contributed by atoms with Crippen LogP contribution in [-0.2, 0) is 4.79 Å². The van der Waals surface area contributed by atoms with E-state index in [4.69, 9.17) is 16.0 Å². The van der Waals surface area contributed by atoms with Crippen molar-refractivity contribution in [2.75, 3.05) is 11.1 Å². The molecule has 3 aromatic carbocycles. The van der Waals surface area contributed by atoms with E-state index in [0.29, 0.717) is 32.9 Å². The fourth-order valence-corrected chi connectivity index (χ4v) is 4.33. The van der Waals surface area contributed by atoms with E-state index >= 15 is 0 Å². The zero-order valence-corrected chi connectivity index (χ0v) is 18.5. The fourth-order valence-electron chi connectivity index (χ4n) is 3.40. The van der Waals surface area contributed by atoms with Crippen LogP contribution in [0.3, 0.4) is 0 Å². The molecule has 0 saturated heterocycles. The average Bonchev–Trinajstić information content (AvgIpc) is 3.19. The number of aromatic nitrogens is 2. The summed E-state index contributed by atoms with van der Waals surface area (Å²) >= 11 is 6.98. The Bertz CT molecular complexity index is 1550. The van der Waals surface area contributed by atoms with Crippen molar-refractivity contribution in [2.24, 2.45) is 0 Å². The van der Waals surface area contributed by atoms with E-state index in [-0.39, 0.29) is 22.4 Å². The molecule has 1 amide bonds. The number of nitrogens with zero attached hydrogens (tertiary/aromatic N) is 2. The first-order valence-electron chi connectivity index (χ1n) is 9.88. The minimum absolute atomic E-state index is 0.00243. The maximum absolute atomic E-state index is 13.5. The number of rotatable bonds is 5. The molecule has 0 bridgehead atoms. The molecular formula is C24H15ClFN3O3S. The van der Waals surface area contributed by atoms with E-state index in [1.165, 1.54) is 28.8 Å². The van der Waals surface area contributed by atoms with Crippen molar-refractivity contribution < 1.29 is 13.6 Å². The molecule has 0 spiro atoms. The lowest BCUT2D eigenvalue weighted by molar-refractivity contribution is -0.113. The lowest BCUT2D eigenvalue weighted by Crippen LogP contribution is -2.22. The number of carbonyl (C=O) groups is 1. The summed E-state index contributed by atoms with van der Waals surface area (Å²) < 4.78 is 20.6. The Kier molecular flexibility index (Phi) is 5.62. The first-order chi connectivity index (χ1) is 16.0. The summed E-state index contributed by atoms with van der Waals surface area (Å²) in [5.74, 6) is -0.710. The van der Waals surface area contributed by atoms with Crippen LogP contribution in [0.5, 0.6) is 0 Å². The van der Waals surface area contributed by atoms with Gasteiger partial charge >= 0.3 is 5.56 Å². The van der Waals surface area contributed by atoms with Crippen LogP contribution in [-0.4, -0.2) is 21.2 Å². The number of carbonyl (C=O) groups excluding carboxylic acids is 1. The lowest BCUT2D eigenvalue weighted by atomic mass is 10.2. The van der Waals surface area contributed by atoms with Gasteiger partial charge in [0.05, 0.1) is 11.4 Å². The maximum atomic E-state index is 13.5. The molecule has 164 valence electrons. The average molecular weight is 480 g/mol. The molecule has 0 fully saturated rings. The largest absolute Gasteiger partial charge is 0.448 e. The number of nitrogens with one attached hydrogen (secondary N) is 1. The Balaban J connectivity index is 1.55. The lowest BCUT2D eigenvalue weighted by Gasteiger charge is -2.12. The predicted molar refractivity (Wildman–Crippen MR) is 128 cm³/mol. The predicted octanol–water partition coefficient (Wildman–Crippen LogP) is 5.66. The number of amides is 1. The van der Waals surface area contributed by atoms with Gasteiger partial charge < -0.3 is 9.73 Å². The maximum Gasteiger partial charge on any atom is 0.302 e. The van der Waals surface area contributed by atoms with Crippen molar-refractivity contribution in [1.29, 1.82) is 0 Å². The molecule has 1 N–H and O–H groups in total. The Morgan fingerprint density at radius 3 is 2.55 bits per heavy atom. The third-order valence-electron chi connectivity index (χ3n) is 4.91. The summed E-state index contributed by atoms with van der Waals surface area (Å²) in [7, 11) is 0. The minimum Gasteiger partial charge on any atom is -0.448 e. The van der Waals surface area contributed by atoms with Gasteiger partial charge in [-0.2, -0.15) is 0 Å². The number of halogens is 2. The van der Waals surface area contributed by atoms with Crippen LogP contribution in [0.2, 0.25) is 5.02 Å². The summed E-state index contributed by atoms with van der Waals surface area (Å²) in [5.41, 5.74) is 1.61. The molecule has 2 heterocycles. The van der Waals surface area contributed by atoms with Gasteiger partial charge in [-0.15, -0.1) is 0 Å². The summed E-state index contributed by atoms with van der Waals surface area (Å²) in [6, 6.07) is 19.4. The van der Waals surface area contributed by atoms with Gasteiger partial charge in [0.1, 0.15) is 16.9 Å². The van der Waals surface area contributed by atoms with Gasteiger partial charge in [0.15, 0.2) is 5.16 Å². The monoisotopic (exact) mass is 479 g/mol. The van der Waals surface area contributed by atoms with Crippen LogP contribution < -0.4 is 10.9 Å². The van der Waals surface area contributed by atoms with Crippen molar-refractivity contribution in [3.63, 3.8) is 0 Å². The summed E-state index contributed by atoms with van der Waals surface area (Å²) in [5, 5.41) is 4.33. The van der Waals surface area contributed by atoms with Crippen LogP contribution in [0, 0.1) is 5.82 Å². The van der Waals surface area contributed by atoms with Crippen LogP contribution in [0.25, 0.3) is 27.8 Å². The molecular weight excluding hydrogens is 465 g/mol. The van der Waals surface area contributed by atoms with Gasteiger partial charge in [-0.1, -0.05) is 35.5 Å². The molecule has 0 aliphatic heterocycles. The van der Waals surface area contributed by atoms with E-state index in [9.17, 15) is 14.0 Å². The smallest absolute Gasteiger partial charge is 0.302 e. The van der Waals surface area contributed by atoms with E-state index < -0.39 is 11.4 Å². The van der Waals surface area contributed by atoms with E-state index in [1.54, 1.807) is 36.4 Å². The van der Waals surface area contributed by atoms with Gasteiger partial charge in [0, 0.05) is 16.1 Å². The SMILES string of the molecule is O=C(CSc1nc2c(oc3ccccc32)c(=O)n1-c1ccc(F)cc1)Nc1ccc(Cl)cc1. The summed E-state index contributed by atoms with van der Waals surface area (Å²) in [6.45, 7) is 0. The number of thioether (sulfide) groups is 1. The van der Waals surface area contributed by atoms with Crippen LogP contribution in [0.1, 0.15) is 0 Å². The summed E-state index contributed by atoms with van der Waals surface area (Å²) in [4.78, 5) is 30.6. The second-order valence-electron chi connectivity index (χ2n) is 7.13. The fraction of sp³-hybridized carbons (Fsp3) is 0.0417. The molecule has 6 nitrogen and oxygen atoms in total. The number of hydrogen-bond acceptors (Lipinski definition) is 5. The standard InChI is InChI=1S/C24H15ClFN3O3S/c25-14-5-9-16(10-6-14)27-20(30)13-33-24-28-21-18-3-1-2-4-19(18)32-22(21)23(31)29(24)17-11-7-15(26)8-12-17/h1-12H,13H2,(H,27,30). The normalized spacial score (nSPS) is 11.2. The molecule has 33 heavy (non-hydrogen) atoms. The number of furan rings is 1. The number of benzene rings is 3. The molecule has 0 atom stereocenters. The first kappa shape index (κ1) is 21.2. The van der Waals surface area contributed by atoms with Crippen LogP contribution >= 0.6 is 23.4 Å². The van der Waals surface area contributed by atoms with Gasteiger partial charge in [0.25, 0.3) is 0 Å². The Labute approximate surface area is 196 Å². The van der Waals surface area contributed by atoms with Crippen molar-refractivity contribution in [3.8, 4) is 5.69 Å². The van der Waals surface area contributed by atoms with Crippen molar-refractivity contribution in [2.45, 2.75) is 5.16 Å². The highest BCUT2D eigenvalue weighted by Crippen LogP contribution is 2.28. The highest BCUT2D eigenvalue weighted by Gasteiger charge is 2.19. The highest BCUT2D eigenvalue weighted by molar-refractivity contribution is 7.99. The Hall–Kier alpha value is -3.62. The number of hydrogen-bond donors (Lipinski definition) is 1. The van der Waals surface area contributed by atoms with E-state index in [2.05, 4.69) is 10.3 Å². The van der Waals surface area contributed by atoms with Gasteiger partial charge in [-0.05, 0) is 60.7 Å². The second kappa shape index (κ2) is 8.73. The third kappa shape index (κ3) is 4.22. The number of para-hydroxylation sites is 1. The molecule has 5 rings (SSSR count). The van der Waals surface area contributed by atoms with Crippen molar-refractivity contribution in [1.82, 2.24) is 9.55 Å². The third-order valence-corrected chi connectivity index (χ3v) is 6.10. The van der Waals surface area contributed by atoms with Gasteiger partial charge in [0.2, 0.25) is 11.5 Å². The van der Waals surface area contributed by atoms with Crippen LogP contribution in [0.4, 0.5) is 10.1 Å². The molecule has 9 heteroatoms. The molecule has 0 saturated carbocycles. The topological polar surface area (TPSA) is 77.1 Å². The molecule has 0 aliphatic rings. The first-order valence-corrected chi connectivity index (χ1v) is 11.2. The number of anilines is 1. The molecule has 5 aromatic rings. The zero-order valence-electron chi connectivity index (χ0n) is 16.9. The molecule has 0 radical (unpaired) electrons. The quantitative estimate of drug-likeness (QED) is 0.260. The van der Waals surface area contributed by atoms with E-state index in [1.807, 2.05) is 12.1 Å². The van der Waals surface area contributed by atoms with Crippen LogP contribution in [0.15, 0.2) is 87.2 Å². The second-order valence-corrected chi connectivity index (χ2v) is 8.51. The van der Waals surface area contributed by atoms with E-state index in [0.717, 1.165) is 11.8 Å². The Morgan fingerprint density at radius 2 is 1.79 bits per heavy atom. The van der Waals surface area contributed by atoms with Gasteiger partial charge in [-0.25, -0.2) is 9.37 Å². The molecule has 0 aliphatic carbocycles. The molecule has 0 unspecified atom stereocenters.